The van der Waals surface area contributed by atoms with Crippen LogP contribution in [0.1, 0.15) is 79.0 Å². The predicted molar refractivity (Wildman–Crippen MR) is 77.0 cm³/mol. The van der Waals surface area contributed by atoms with Crippen molar-refractivity contribution in [1.82, 2.24) is 0 Å². The monoisotopic (exact) mass is 279 g/mol. The van der Waals surface area contributed by atoms with Gasteiger partial charge in [0.15, 0.2) is 0 Å². The molecule has 0 spiro atoms. The van der Waals surface area contributed by atoms with Crippen molar-refractivity contribution in [2.75, 3.05) is 0 Å². The summed E-state index contributed by atoms with van der Waals surface area (Å²) in [5.41, 5.74) is 0.483. The number of carbonyl (C=O) groups excluding carboxylic acids is 1. The van der Waals surface area contributed by atoms with Crippen molar-refractivity contribution < 1.29 is 40.6 Å². The van der Waals surface area contributed by atoms with Crippen molar-refractivity contribution in [2.45, 2.75) is 77.6 Å². The third-order valence-electron chi connectivity index (χ3n) is 3.23. The van der Waals surface area contributed by atoms with Crippen LogP contribution in [-0.4, -0.2) is 5.97 Å². The molecule has 0 heterocycles. The SMILES string of the molecule is C=C(CCCCCCCCCCCC)C(=O)ON.[H-].[Na+]. The average Bonchev–Trinajstić information content (AvgIpc) is 2.39. The van der Waals surface area contributed by atoms with Crippen LogP contribution in [0, 0.1) is 0 Å². The van der Waals surface area contributed by atoms with Crippen molar-refractivity contribution in [3.05, 3.63) is 12.2 Å². The maximum Gasteiger partial charge on any atom is 1.00 e. The zero-order valence-corrected chi connectivity index (χ0v) is 14.9. The molecule has 0 amide bonds. The summed E-state index contributed by atoms with van der Waals surface area (Å²) in [6, 6.07) is 0. The maximum absolute atomic E-state index is 11.0. The van der Waals surface area contributed by atoms with Gasteiger partial charge in [-0.1, -0.05) is 71.3 Å². The Bertz CT molecular complexity index is 238. The van der Waals surface area contributed by atoms with E-state index in [1.807, 2.05) is 0 Å². The molecule has 0 saturated heterocycles. The van der Waals surface area contributed by atoms with Crippen LogP contribution in [0.15, 0.2) is 12.2 Å². The first-order valence-electron chi connectivity index (χ1n) is 7.31. The summed E-state index contributed by atoms with van der Waals surface area (Å²) >= 11 is 0. The third-order valence-corrected chi connectivity index (χ3v) is 3.23. The van der Waals surface area contributed by atoms with Gasteiger partial charge in [0.1, 0.15) is 0 Å². The van der Waals surface area contributed by atoms with E-state index in [1.54, 1.807) is 0 Å². The molecule has 0 aliphatic heterocycles. The predicted octanol–water partition coefficient (Wildman–Crippen LogP) is 1.39. The molecule has 19 heavy (non-hydrogen) atoms. The summed E-state index contributed by atoms with van der Waals surface area (Å²) in [4.78, 5) is 15.1. The van der Waals surface area contributed by atoms with Gasteiger partial charge in [-0.15, -0.1) is 0 Å². The molecule has 0 aromatic carbocycles. The molecule has 0 radical (unpaired) electrons. The second-order valence-electron chi connectivity index (χ2n) is 4.94. The van der Waals surface area contributed by atoms with Gasteiger partial charge < -0.3 is 6.26 Å². The molecule has 0 rings (SSSR count). The van der Waals surface area contributed by atoms with Gasteiger partial charge in [-0.25, -0.2) is 4.79 Å². The molecule has 0 saturated carbocycles. The van der Waals surface area contributed by atoms with Crippen LogP contribution in [0.5, 0.6) is 0 Å². The molecule has 0 aromatic rings. The second-order valence-corrected chi connectivity index (χ2v) is 4.94. The Morgan fingerprint density at radius 1 is 1.00 bits per heavy atom. The van der Waals surface area contributed by atoms with E-state index in [0.29, 0.717) is 12.0 Å². The summed E-state index contributed by atoms with van der Waals surface area (Å²) < 4.78 is 0. The summed E-state index contributed by atoms with van der Waals surface area (Å²) in [6.45, 7) is 5.89. The normalized spacial score (nSPS) is 9.79. The zero-order valence-electron chi connectivity index (χ0n) is 13.9. The quantitative estimate of drug-likeness (QED) is 0.254. The van der Waals surface area contributed by atoms with Crippen LogP contribution in [0.4, 0.5) is 0 Å². The number of unbranched alkanes of at least 4 members (excludes halogenated alkanes) is 9. The van der Waals surface area contributed by atoms with Crippen molar-refractivity contribution in [3.8, 4) is 0 Å². The number of nitrogens with two attached hydrogens (primary N) is 1. The van der Waals surface area contributed by atoms with Crippen LogP contribution in [-0.2, 0) is 9.63 Å². The molecule has 108 valence electrons. The third kappa shape index (κ3) is 14.4. The number of hydrogen-bond acceptors (Lipinski definition) is 3. The minimum absolute atomic E-state index is 0. The average molecular weight is 279 g/mol. The Morgan fingerprint density at radius 2 is 1.42 bits per heavy atom. The van der Waals surface area contributed by atoms with Gasteiger partial charge in [0.05, 0.1) is 0 Å². The minimum Gasteiger partial charge on any atom is -1.00 e. The van der Waals surface area contributed by atoms with Gasteiger partial charge in [0.2, 0.25) is 0 Å². The molecule has 0 aromatic heterocycles. The number of carbonyl (C=O) groups is 1. The molecule has 0 unspecified atom stereocenters. The van der Waals surface area contributed by atoms with Gasteiger partial charge in [-0.3, -0.25) is 0 Å². The fourth-order valence-electron chi connectivity index (χ4n) is 2.01. The van der Waals surface area contributed by atoms with Crippen LogP contribution in [0.2, 0.25) is 0 Å². The Labute approximate surface area is 142 Å². The van der Waals surface area contributed by atoms with E-state index in [9.17, 15) is 4.79 Å². The summed E-state index contributed by atoms with van der Waals surface area (Å²) in [6.07, 6.45) is 13.6. The van der Waals surface area contributed by atoms with Crippen molar-refractivity contribution in [2.24, 2.45) is 5.90 Å². The largest absolute Gasteiger partial charge is 1.00 e. The van der Waals surface area contributed by atoms with Gasteiger partial charge in [-0.2, -0.15) is 5.90 Å². The van der Waals surface area contributed by atoms with E-state index in [0.717, 1.165) is 12.8 Å². The fourth-order valence-corrected chi connectivity index (χ4v) is 2.01. The summed E-state index contributed by atoms with van der Waals surface area (Å²) in [7, 11) is 0. The van der Waals surface area contributed by atoms with Crippen molar-refractivity contribution >= 4 is 5.97 Å². The molecule has 0 aliphatic carbocycles. The van der Waals surface area contributed by atoms with Gasteiger partial charge in [0, 0.05) is 5.57 Å². The van der Waals surface area contributed by atoms with E-state index in [4.69, 9.17) is 5.90 Å². The summed E-state index contributed by atoms with van der Waals surface area (Å²) in [5, 5.41) is 0. The van der Waals surface area contributed by atoms with E-state index in [2.05, 4.69) is 18.3 Å². The molecular formula is C15H30NNaO2. The Morgan fingerprint density at radius 3 is 1.84 bits per heavy atom. The Balaban J connectivity index is -0.00000144. The van der Waals surface area contributed by atoms with Crippen LogP contribution < -0.4 is 35.5 Å². The van der Waals surface area contributed by atoms with Gasteiger partial charge in [0.25, 0.3) is 0 Å². The topological polar surface area (TPSA) is 52.3 Å². The van der Waals surface area contributed by atoms with Gasteiger partial charge in [-0.05, 0) is 12.8 Å². The van der Waals surface area contributed by atoms with Crippen molar-refractivity contribution in [1.29, 1.82) is 0 Å². The van der Waals surface area contributed by atoms with E-state index in [-0.39, 0.29) is 31.0 Å². The molecule has 0 atom stereocenters. The van der Waals surface area contributed by atoms with Crippen molar-refractivity contribution in [3.63, 3.8) is 0 Å². The standard InChI is InChI=1S/C15H29NO2.Na.H/c1-3-4-5-6-7-8-9-10-11-12-13-14(2)15(17)18-16;;/h2-13,16H2,1H3;;/q;+1;-1. The van der Waals surface area contributed by atoms with Gasteiger partial charge >= 0.3 is 35.5 Å². The van der Waals surface area contributed by atoms with E-state index >= 15 is 0 Å². The molecular weight excluding hydrogens is 249 g/mol. The number of rotatable bonds is 12. The Hall–Kier alpha value is 0.170. The van der Waals surface area contributed by atoms with Crippen LogP contribution in [0.3, 0.4) is 0 Å². The Kier molecular flexibility index (Phi) is 18.3. The fraction of sp³-hybridized carbons (Fsp3) is 0.800. The molecule has 0 aliphatic rings. The van der Waals surface area contributed by atoms with Crippen LogP contribution >= 0.6 is 0 Å². The first kappa shape index (κ1) is 21.5. The summed E-state index contributed by atoms with van der Waals surface area (Å²) in [5.74, 6) is 4.30. The van der Waals surface area contributed by atoms with E-state index in [1.165, 1.54) is 51.4 Å². The van der Waals surface area contributed by atoms with E-state index < -0.39 is 5.97 Å². The first-order chi connectivity index (χ1) is 8.72. The first-order valence-corrected chi connectivity index (χ1v) is 7.31. The molecule has 0 bridgehead atoms. The molecule has 4 heteroatoms. The second kappa shape index (κ2) is 16.2. The molecule has 0 fully saturated rings. The zero-order chi connectivity index (χ0) is 13.6. The molecule has 2 N–H and O–H groups in total. The molecule has 3 nitrogen and oxygen atoms in total. The minimum atomic E-state index is -0.481. The smallest absolute Gasteiger partial charge is 1.00 e. The number of hydrogen-bond donors (Lipinski definition) is 1. The maximum atomic E-state index is 11.0. The van der Waals surface area contributed by atoms with Crippen LogP contribution in [0.25, 0.3) is 0 Å².